The van der Waals surface area contributed by atoms with Gasteiger partial charge >= 0.3 is 5.97 Å². The van der Waals surface area contributed by atoms with E-state index >= 15 is 0 Å². The summed E-state index contributed by atoms with van der Waals surface area (Å²) >= 11 is 1.55. The minimum atomic E-state index is -0.827. The molecule has 0 spiro atoms. The third-order valence-corrected chi connectivity index (χ3v) is 8.66. The number of nitrogens with two attached hydrogens (primary N) is 1. The van der Waals surface area contributed by atoms with Crippen LogP contribution in [-0.2, 0) is 17.7 Å². The van der Waals surface area contributed by atoms with Crippen molar-refractivity contribution in [1.82, 2.24) is 4.98 Å². The summed E-state index contributed by atoms with van der Waals surface area (Å²) in [5, 5.41) is 7.45. The number of nitrogens with one attached hydrogen (secondary N) is 2. The number of benzene rings is 3. The second kappa shape index (κ2) is 12.9. The molecule has 1 aliphatic rings. The van der Waals surface area contributed by atoms with Crippen LogP contribution in [0.1, 0.15) is 48.0 Å². The van der Waals surface area contributed by atoms with Gasteiger partial charge in [0, 0.05) is 45.8 Å². The minimum Gasteiger partial charge on any atom is -0.493 e. The second-order valence-electron chi connectivity index (χ2n) is 10.6. The first-order chi connectivity index (χ1) is 22.3. The van der Waals surface area contributed by atoms with Crippen molar-refractivity contribution in [2.75, 3.05) is 24.4 Å². The number of nitrogens with zero attached hydrogens (tertiary/aromatic N) is 1. The first-order valence-electron chi connectivity index (χ1n) is 14.4. The summed E-state index contributed by atoms with van der Waals surface area (Å²) in [5.74, 6) is -2.03. The number of hydrogen-bond donors (Lipinski definition) is 3. The zero-order valence-electron chi connectivity index (χ0n) is 25.0. The quantitative estimate of drug-likeness (QED) is 0.171. The standard InChI is InChI=1S/C35H29FN4O5S/c1-19-4-3-5-27(30(19)36)40-34(42)28-11-10-23(31(39-28)35(43)44-2)24-17-29-26(32-21(12-14-45-29)13-15-46-32)16-25(24)33(41)38-22-8-6-20(18-37)7-9-22/h3-11,13,15-17H,12,14,18,37H2,1-2H3,(H,38,41)(H,40,42). The zero-order valence-corrected chi connectivity index (χ0v) is 25.8. The molecule has 0 bridgehead atoms. The van der Waals surface area contributed by atoms with E-state index in [4.69, 9.17) is 15.2 Å². The maximum atomic E-state index is 14.6. The van der Waals surface area contributed by atoms with Crippen LogP contribution < -0.4 is 21.1 Å². The summed E-state index contributed by atoms with van der Waals surface area (Å²) in [6, 6.07) is 20.2. The summed E-state index contributed by atoms with van der Waals surface area (Å²) in [4.78, 5) is 45.6. The Kier molecular flexibility index (Phi) is 8.60. The number of hydrogen-bond acceptors (Lipinski definition) is 8. The largest absolute Gasteiger partial charge is 0.493 e. The van der Waals surface area contributed by atoms with Crippen LogP contribution in [0.15, 0.2) is 78.2 Å². The van der Waals surface area contributed by atoms with Gasteiger partial charge < -0.3 is 25.8 Å². The van der Waals surface area contributed by atoms with Crippen molar-refractivity contribution >= 4 is 40.5 Å². The van der Waals surface area contributed by atoms with E-state index in [1.165, 1.54) is 25.3 Å². The lowest BCUT2D eigenvalue weighted by atomic mass is 9.93. The number of fused-ring (bicyclic) bond motifs is 3. The van der Waals surface area contributed by atoms with Crippen LogP contribution >= 0.6 is 11.3 Å². The van der Waals surface area contributed by atoms with E-state index < -0.39 is 23.6 Å². The average Bonchev–Trinajstić information content (AvgIpc) is 3.47. The zero-order chi connectivity index (χ0) is 32.4. The van der Waals surface area contributed by atoms with Crippen molar-refractivity contribution in [3.8, 4) is 27.3 Å². The average molecular weight is 637 g/mol. The Balaban J connectivity index is 1.47. The van der Waals surface area contributed by atoms with Crippen LogP contribution in [-0.4, -0.2) is 36.5 Å². The molecule has 0 radical (unpaired) electrons. The molecule has 6 rings (SSSR count). The molecule has 0 fully saturated rings. The lowest BCUT2D eigenvalue weighted by Crippen LogP contribution is -2.19. The second-order valence-corrected chi connectivity index (χ2v) is 11.5. The summed E-state index contributed by atoms with van der Waals surface area (Å²) in [5.41, 5.74) is 9.88. The third-order valence-electron chi connectivity index (χ3n) is 7.67. The Hall–Kier alpha value is -5.39. The fourth-order valence-corrected chi connectivity index (χ4v) is 6.21. The monoisotopic (exact) mass is 636 g/mol. The Labute approximate surface area is 268 Å². The van der Waals surface area contributed by atoms with Crippen molar-refractivity contribution in [3.63, 3.8) is 0 Å². The smallest absolute Gasteiger partial charge is 0.357 e. The number of amides is 2. The lowest BCUT2D eigenvalue weighted by Gasteiger charge is -2.17. The predicted octanol–water partition coefficient (Wildman–Crippen LogP) is 6.61. The fourth-order valence-electron chi connectivity index (χ4n) is 5.24. The SMILES string of the molecule is COC(=O)c1nc(C(=O)Nc2cccc(C)c2F)ccc1-c1cc2c(cc1C(=O)Nc1ccc(CN)cc1)-c1sccc1CCO2. The van der Waals surface area contributed by atoms with Gasteiger partial charge in [0.1, 0.15) is 17.3 Å². The maximum absolute atomic E-state index is 14.6. The highest BCUT2D eigenvalue weighted by Gasteiger charge is 2.27. The lowest BCUT2D eigenvalue weighted by molar-refractivity contribution is 0.0594. The van der Waals surface area contributed by atoms with Crippen molar-refractivity contribution in [2.45, 2.75) is 19.9 Å². The Bertz CT molecular complexity index is 1990. The number of thiophene rings is 1. The number of ether oxygens (including phenoxy) is 2. The van der Waals surface area contributed by atoms with Crippen molar-refractivity contribution in [2.24, 2.45) is 5.73 Å². The van der Waals surface area contributed by atoms with Crippen LogP contribution in [0.2, 0.25) is 0 Å². The molecule has 5 aromatic rings. The van der Waals surface area contributed by atoms with Crippen molar-refractivity contribution in [3.05, 3.63) is 118 Å². The van der Waals surface area contributed by atoms with Crippen molar-refractivity contribution in [1.29, 1.82) is 0 Å². The number of pyridine rings is 1. The first kappa shape index (κ1) is 30.6. The molecule has 0 aliphatic carbocycles. The molecule has 0 unspecified atom stereocenters. The molecule has 2 aromatic heterocycles. The van der Waals surface area contributed by atoms with Gasteiger partial charge in [0.15, 0.2) is 5.69 Å². The number of esters is 1. The number of aryl methyl sites for hydroxylation is 1. The molecule has 11 heteroatoms. The molecule has 46 heavy (non-hydrogen) atoms. The van der Waals surface area contributed by atoms with Gasteiger partial charge in [-0.25, -0.2) is 14.2 Å². The van der Waals surface area contributed by atoms with Gasteiger partial charge in [-0.1, -0.05) is 24.3 Å². The Morgan fingerprint density at radius 1 is 0.978 bits per heavy atom. The minimum absolute atomic E-state index is 0.0233. The molecule has 0 atom stereocenters. The van der Waals surface area contributed by atoms with Crippen LogP contribution in [0.5, 0.6) is 5.75 Å². The van der Waals surface area contributed by atoms with Crippen molar-refractivity contribution < 1.29 is 28.2 Å². The van der Waals surface area contributed by atoms with Crippen LogP contribution in [0.25, 0.3) is 21.6 Å². The number of carbonyl (C=O) groups is 3. The Morgan fingerprint density at radius 2 is 1.78 bits per heavy atom. The predicted molar refractivity (Wildman–Crippen MR) is 175 cm³/mol. The van der Waals surface area contributed by atoms with Gasteiger partial charge in [0.25, 0.3) is 11.8 Å². The summed E-state index contributed by atoms with van der Waals surface area (Å²) < 4.78 is 25.8. The molecular formula is C35H29FN4O5S. The summed E-state index contributed by atoms with van der Waals surface area (Å²) in [7, 11) is 1.19. The molecular weight excluding hydrogens is 607 g/mol. The third kappa shape index (κ3) is 5.97. The first-order valence-corrected chi connectivity index (χ1v) is 15.3. The molecule has 0 saturated heterocycles. The molecule has 232 valence electrons. The van der Waals surface area contributed by atoms with E-state index in [0.29, 0.717) is 42.1 Å². The van der Waals surface area contributed by atoms with Gasteiger partial charge in [-0.15, -0.1) is 11.3 Å². The number of rotatable bonds is 7. The molecule has 9 nitrogen and oxygen atoms in total. The van der Waals surface area contributed by atoms with Gasteiger partial charge in [-0.05, 0) is 77.5 Å². The normalized spacial score (nSPS) is 11.8. The molecule has 3 aromatic carbocycles. The number of anilines is 2. The molecule has 2 amide bonds. The highest BCUT2D eigenvalue weighted by molar-refractivity contribution is 7.13. The highest BCUT2D eigenvalue weighted by Crippen LogP contribution is 2.43. The Morgan fingerprint density at radius 3 is 2.54 bits per heavy atom. The van der Waals surface area contributed by atoms with E-state index in [0.717, 1.165) is 21.6 Å². The van der Waals surface area contributed by atoms with Crippen LogP contribution in [0, 0.1) is 12.7 Å². The van der Waals surface area contributed by atoms with E-state index in [2.05, 4.69) is 15.6 Å². The van der Waals surface area contributed by atoms with Gasteiger partial charge in [-0.3, -0.25) is 9.59 Å². The van der Waals surface area contributed by atoms with Crippen LogP contribution in [0.3, 0.4) is 0 Å². The van der Waals surface area contributed by atoms with Gasteiger partial charge in [0.2, 0.25) is 0 Å². The van der Waals surface area contributed by atoms with Gasteiger partial charge in [-0.2, -0.15) is 0 Å². The number of aromatic nitrogens is 1. The molecule has 3 heterocycles. The van der Waals surface area contributed by atoms with E-state index in [1.54, 1.807) is 54.7 Å². The molecule has 1 aliphatic heterocycles. The number of carbonyl (C=O) groups excluding carboxylic acids is 3. The molecule has 4 N–H and O–H groups in total. The summed E-state index contributed by atoms with van der Waals surface area (Å²) in [6.07, 6.45) is 0.693. The summed E-state index contributed by atoms with van der Waals surface area (Å²) in [6.45, 7) is 2.37. The number of halogens is 1. The van der Waals surface area contributed by atoms with E-state index in [1.807, 2.05) is 23.6 Å². The topological polar surface area (TPSA) is 133 Å². The molecule has 0 saturated carbocycles. The number of methoxy groups -OCH3 is 1. The van der Waals surface area contributed by atoms with Crippen LogP contribution in [0.4, 0.5) is 15.8 Å². The van der Waals surface area contributed by atoms with E-state index in [-0.39, 0.29) is 28.2 Å². The van der Waals surface area contributed by atoms with Gasteiger partial charge in [0.05, 0.1) is 19.4 Å². The van der Waals surface area contributed by atoms with E-state index in [9.17, 15) is 18.8 Å². The maximum Gasteiger partial charge on any atom is 0.357 e. The highest BCUT2D eigenvalue weighted by atomic mass is 32.1. The fraction of sp³-hybridized carbons (Fsp3) is 0.143.